The van der Waals surface area contributed by atoms with Crippen LogP contribution in [0.5, 0.6) is 0 Å². The van der Waals surface area contributed by atoms with Gasteiger partial charge in [-0.25, -0.2) is 8.42 Å². The molecule has 0 aliphatic carbocycles. The van der Waals surface area contributed by atoms with Gasteiger partial charge < -0.3 is 4.90 Å². The molecule has 2 saturated heterocycles. The fourth-order valence-electron chi connectivity index (χ4n) is 3.38. The first-order valence-electron chi connectivity index (χ1n) is 7.50. The molecule has 2 aliphatic rings. The Hall–Kier alpha value is -1.40. The highest BCUT2D eigenvalue weighted by molar-refractivity contribution is 7.91. The van der Waals surface area contributed by atoms with Crippen molar-refractivity contribution in [3.63, 3.8) is 0 Å². The molecule has 22 heavy (non-hydrogen) atoms. The van der Waals surface area contributed by atoms with Crippen molar-refractivity contribution in [1.82, 2.24) is 5.32 Å². The van der Waals surface area contributed by atoms with E-state index in [2.05, 4.69) is 5.32 Å². The Labute approximate surface area is 131 Å². The SMILES string of the molecule is Cc1ccc(N2C(=O)C(C)(C)N[C@@H]3CS(=O)(=O)C[C@@H]32)cc1C. The maximum atomic E-state index is 12.9. The zero-order valence-electron chi connectivity index (χ0n) is 13.4. The molecule has 3 rings (SSSR count). The highest BCUT2D eigenvalue weighted by Crippen LogP contribution is 2.33. The first kappa shape index (κ1) is 15.5. The van der Waals surface area contributed by atoms with Crippen molar-refractivity contribution in [2.75, 3.05) is 16.4 Å². The Morgan fingerprint density at radius 2 is 1.86 bits per heavy atom. The maximum absolute atomic E-state index is 12.9. The lowest BCUT2D eigenvalue weighted by molar-refractivity contribution is -0.126. The third-order valence-electron chi connectivity index (χ3n) is 4.72. The van der Waals surface area contributed by atoms with E-state index in [1.54, 1.807) is 4.90 Å². The number of nitrogens with one attached hydrogen (secondary N) is 1. The summed E-state index contributed by atoms with van der Waals surface area (Å²) in [4.78, 5) is 14.6. The average Bonchev–Trinajstić information content (AvgIpc) is 2.67. The summed E-state index contributed by atoms with van der Waals surface area (Å²) in [6.45, 7) is 7.64. The van der Waals surface area contributed by atoms with Gasteiger partial charge in [0.25, 0.3) is 0 Å². The second-order valence-corrected chi connectivity index (χ2v) is 9.12. The van der Waals surface area contributed by atoms with Gasteiger partial charge in [0, 0.05) is 11.7 Å². The molecule has 0 bridgehead atoms. The Morgan fingerprint density at radius 1 is 1.18 bits per heavy atom. The van der Waals surface area contributed by atoms with E-state index in [0.29, 0.717) is 0 Å². The second kappa shape index (κ2) is 4.80. The Kier molecular flexibility index (Phi) is 3.38. The minimum Gasteiger partial charge on any atom is -0.305 e. The summed E-state index contributed by atoms with van der Waals surface area (Å²) in [5.74, 6) is 0.0453. The zero-order chi connectivity index (χ0) is 16.3. The largest absolute Gasteiger partial charge is 0.305 e. The summed E-state index contributed by atoms with van der Waals surface area (Å²) >= 11 is 0. The molecule has 1 aromatic carbocycles. The van der Waals surface area contributed by atoms with Gasteiger partial charge in [0.15, 0.2) is 9.84 Å². The van der Waals surface area contributed by atoms with Crippen molar-refractivity contribution in [3.8, 4) is 0 Å². The van der Waals surface area contributed by atoms with E-state index >= 15 is 0 Å². The van der Waals surface area contributed by atoms with Gasteiger partial charge in [-0.3, -0.25) is 10.1 Å². The van der Waals surface area contributed by atoms with E-state index in [4.69, 9.17) is 0 Å². The number of sulfone groups is 1. The number of nitrogens with zero attached hydrogens (tertiary/aromatic N) is 1. The number of hydrogen-bond donors (Lipinski definition) is 1. The number of anilines is 1. The highest BCUT2D eigenvalue weighted by atomic mass is 32.2. The fraction of sp³-hybridized carbons (Fsp3) is 0.562. The minimum absolute atomic E-state index is 0.0272. The van der Waals surface area contributed by atoms with Crippen LogP contribution in [0.25, 0.3) is 0 Å². The molecule has 0 radical (unpaired) electrons. The molecule has 2 fully saturated rings. The summed E-state index contributed by atoms with van der Waals surface area (Å²) in [5, 5.41) is 3.22. The number of fused-ring (bicyclic) bond motifs is 1. The molecule has 0 saturated carbocycles. The van der Waals surface area contributed by atoms with Gasteiger partial charge in [-0.05, 0) is 51.0 Å². The zero-order valence-corrected chi connectivity index (χ0v) is 14.2. The van der Waals surface area contributed by atoms with Crippen molar-refractivity contribution in [2.45, 2.75) is 45.3 Å². The molecule has 0 spiro atoms. The van der Waals surface area contributed by atoms with Crippen molar-refractivity contribution < 1.29 is 13.2 Å². The minimum atomic E-state index is -3.12. The van der Waals surface area contributed by atoms with E-state index in [0.717, 1.165) is 16.8 Å². The summed E-state index contributed by atoms with van der Waals surface area (Å²) in [7, 11) is -3.12. The van der Waals surface area contributed by atoms with E-state index in [-0.39, 0.29) is 29.5 Å². The van der Waals surface area contributed by atoms with Gasteiger partial charge in [-0.2, -0.15) is 0 Å². The van der Waals surface area contributed by atoms with E-state index in [1.807, 2.05) is 45.9 Å². The number of carbonyl (C=O) groups is 1. The van der Waals surface area contributed by atoms with Gasteiger partial charge in [0.05, 0.1) is 23.1 Å². The smallest absolute Gasteiger partial charge is 0.247 e. The van der Waals surface area contributed by atoms with Crippen LogP contribution in [-0.2, 0) is 14.6 Å². The van der Waals surface area contributed by atoms with Crippen LogP contribution in [0, 0.1) is 13.8 Å². The molecular weight excluding hydrogens is 300 g/mol. The summed E-state index contributed by atoms with van der Waals surface area (Å²) in [6.07, 6.45) is 0. The quantitative estimate of drug-likeness (QED) is 0.843. The third-order valence-corrected chi connectivity index (χ3v) is 6.44. The number of aryl methyl sites for hydroxylation is 2. The number of benzene rings is 1. The van der Waals surface area contributed by atoms with Crippen LogP contribution in [0.3, 0.4) is 0 Å². The molecule has 2 heterocycles. The predicted octanol–water partition coefficient (Wildman–Crippen LogP) is 1.18. The van der Waals surface area contributed by atoms with Crippen molar-refractivity contribution in [1.29, 1.82) is 0 Å². The molecule has 6 heteroatoms. The van der Waals surface area contributed by atoms with Crippen LogP contribution in [0.1, 0.15) is 25.0 Å². The second-order valence-electron chi connectivity index (χ2n) is 6.96. The van der Waals surface area contributed by atoms with Crippen LogP contribution in [0.15, 0.2) is 18.2 Å². The molecule has 0 aromatic heterocycles. The molecule has 5 nitrogen and oxygen atoms in total. The number of piperazine rings is 1. The Morgan fingerprint density at radius 3 is 2.50 bits per heavy atom. The first-order chi connectivity index (χ1) is 10.1. The number of hydrogen-bond acceptors (Lipinski definition) is 4. The summed E-state index contributed by atoms with van der Waals surface area (Å²) in [6, 6.07) is 5.32. The lowest BCUT2D eigenvalue weighted by atomic mass is 9.92. The van der Waals surface area contributed by atoms with Crippen LogP contribution in [0.4, 0.5) is 5.69 Å². The normalized spacial score (nSPS) is 29.5. The van der Waals surface area contributed by atoms with E-state index in [1.165, 1.54) is 0 Å². The van der Waals surface area contributed by atoms with Crippen LogP contribution >= 0.6 is 0 Å². The molecule has 1 N–H and O–H groups in total. The van der Waals surface area contributed by atoms with Gasteiger partial charge >= 0.3 is 0 Å². The molecule has 1 aromatic rings. The molecule has 2 atom stereocenters. The van der Waals surface area contributed by atoms with Crippen LogP contribution < -0.4 is 10.2 Å². The van der Waals surface area contributed by atoms with Crippen LogP contribution in [0.2, 0.25) is 0 Å². The summed E-state index contributed by atoms with van der Waals surface area (Å²) in [5.41, 5.74) is 2.27. The van der Waals surface area contributed by atoms with Crippen molar-refractivity contribution in [2.24, 2.45) is 0 Å². The number of rotatable bonds is 1. The van der Waals surface area contributed by atoms with Gasteiger partial charge in [0.2, 0.25) is 5.91 Å². The van der Waals surface area contributed by atoms with E-state index < -0.39 is 15.4 Å². The van der Waals surface area contributed by atoms with Crippen LogP contribution in [-0.4, -0.2) is 43.5 Å². The maximum Gasteiger partial charge on any atom is 0.247 e. The lowest BCUT2D eigenvalue weighted by Crippen LogP contribution is -2.69. The number of amides is 1. The molecule has 1 amide bonds. The van der Waals surface area contributed by atoms with Crippen molar-refractivity contribution in [3.05, 3.63) is 29.3 Å². The monoisotopic (exact) mass is 322 g/mol. The topological polar surface area (TPSA) is 66.5 Å². The highest BCUT2D eigenvalue weighted by Gasteiger charge is 2.52. The van der Waals surface area contributed by atoms with Gasteiger partial charge in [-0.1, -0.05) is 6.07 Å². The lowest BCUT2D eigenvalue weighted by Gasteiger charge is -2.45. The molecule has 2 aliphatic heterocycles. The van der Waals surface area contributed by atoms with Crippen molar-refractivity contribution >= 4 is 21.4 Å². The third kappa shape index (κ3) is 2.44. The van der Waals surface area contributed by atoms with Gasteiger partial charge in [-0.15, -0.1) is 0 Å². The van der Waals surface area contributed by atoms with Gasteiger partial charge in [0.1, 0.15) is 0 Å². The standard InChI is InChI=1S/C16H22N2O3S/c1-10-5-6-12(7-11(10)2)18-14-9-22(20,21)8-13(14)17-16(3,4)15(18)19/h5-7,13-14,17H,8-9H2,1-4H3/t13-,14+/m1/s1. The Balaban J connectivity index is 2.09. The van der Waals surface area contributed by atoms with E-state index in [9.17, 15) is 13.2 Å². The molecular formula is C16H22N2O3S. The fourth-order valence-corrected chi connectivity index (χ4v) is 5.27. The molecule has 0 unspecified atom stereocenters. The summed E-state index contributed by atoms with van der Waals surface area (Å²) < 4.78 is 24.1. The Bertz CT molecular complexity index is 740. The first-order valence-corrected chi connectivity index (χ1v) is 9.32. The average molecular weight is 322 g/mol. The number of carbonyl (C=O) groups excluding carboxylic acids is 1. The predicted molar refractivity (Wildman–Crippen MR) is 86.8 cm³/mol. The molecule has 120 valence electrons.